The van der Waals surface area contributed by atoms with Crippen molar-refractivity contribution in [1.82, 2.24) is 0 Å². The Balaban J connectivity index is 1.43. The fourth-order valence-electron chi connectivity index (χ4n) is 4.45. The summed E-state index contributed by atoms with van der Waals surface area (Å²) < 4.78 is 50.5. The van der Waals surface area contributed by atoms with Crippen molar-refractivity contribution < 1.29 is 37.0 Å². The molecule has 212 valence electrons. The van der Waals surface area contributed by atoms with Gasteiger partial charge in [0.1, 0.15) is 10.8 Å². The lowest BCUT2D eigenvalue weighted by atomic mass is 9.88. The monoisotopic (exact) mass is 574 g/mol. The Labute approximate surface area is 233 Å². The topological polar surface area (TPSA) is 93.7 Å². The van der Waals surface area contributed by atoms with Crippen molar-refractivity contribution in [2.75, 3.05) is 17.2 Å². The van der Waals surface area contributed by atoms with Crippen LogP contribution in [0.25, 0.3) is 0 Å². The van der Waals surface area contributed by atoms with Gasteiger partial charge in [0, 0.05) is 10.4 Å². The highest BCUT2D eigenvalue weighted by Crippen LogP contribution is 2.40. The van der Waals surface area contributed by atoms with Crippen LogP contribution in [-0.4, -0.2) is 30.5 Å². The Morgan fingerprint density at radius 1 is 1.07 bits per heavy atom. The molecule has 11 heteroatoms. The van der Waals surface area contributed by atoms with Gasteiger partial charge in [0.15, 0.2) is 6.10 Å². The standard InChI is InChI=1S/C29H29F3N2O5S/c1-4-38-28(37)24-20-14-9-16(2)15-23(20)40-27(24)34-26(36)18-10-12-19(13-11-18)39-17(3)25(35)33-22-8-6-5-7-21(22)29(30,31)32/h5-8,10-13,16-17H,4,9,14-15H2,1-3H3,(H,33,35)(H,34,36)/t16-,17-/m1/s1. The lowest BCUT2D eigenvalue weighted by Crippen LogP contribution is -2.31. The molecule has 0 radical (unpaired) electrons. The van der Waals surface area contributed by atoms with Gasteiger partial charge >= 0.3 is 12.1 Å². The maximum atomic E-state index is 13.2. The molecule has 0 aliphatic heterocycles. The van der Waals surface area contributed by atoms with E-state index < -0.39 is 35.6 Å². The van der Waals surface area contributed by atoms with Crippen molar-refractivity contribution >= 4 is 39.8 Å². The minimum absolute atomic E-state index is 0.222. The van der Waals surface area contributed by atoms with Crippen LogP contribution >= 0.6 is 11.3 Å². The SMILES string of the molecule is CCOC(=O)c1c(NC(=O)c2ccc(O[C@H](C)C(=O)Nc3ccccc3C(F)(F)F)cc2)sc2c1CC[C@@H](C)C2. The molecule has 2 N–H and O–H groups in total. The molecule has 7 nitrogen and oxygen atoms in total. The zero-order valence-corrected chi connectivity index (χ0v) is 23.0. The molecule has 0 bridgehead atoms. The second-order valence-electron chi connectivity index (χ2n) is 9.55. The van der Waals surface area contributed by atoms with Gasteiger partial charge in [0.05, 0.1) is 23.4 Å². The van der Waals surface area contributed by atoms with Crippen molar-refractivity contribution in [2.45, 2.75) is 52.3 Å². The van der Waals surface area contributed by atoms with Crippen molar-refractivity contribution in [3.8, 4) is 5.75 Å². The van der Waals surface area contributed by atoms with Gasteiger partial charge in [0.25, 0.3) is 11.8 Å². The Morgan fingerprint density at radius 2 is 1.77 bits per heavy atom. The van der Waals surface area contributed by atoms with Gasteiger partial charge in [-0.05, 0) is 81.0 Å². The average molecular weight is 575 g/mol. The third kappa shape index (κ3) is 6.64. The fourth-order valence-corrected chi connectivity index (χ4v) is 5.84. The Hall–Kier alpha value is -3.86. The molecule has 0 unspecified atom stereocenters. The Morgan fingerprint density at radius 3 is 2.45 bits per heavy atom. The minimum atomic E-state index is -4.62. The molecule has 1 aliphatic carbocycles. The van der Waals surface area contributed by atoms with E-state index in [1.807, 2.05) is 0 Å². The lowest BCUT2D eigenvalue weighted by molar-refractivity contribution is -0.137. The molecule has 4 rings (SSSR count). The van der Waals surface area contributed by atoms with Crippen LogP contribution in [0, 0.1) is 5.92 Å². The van der Waals surface area contributed by atoms with Gasteiger partial charge in [-0.15, -0.1) is 11.3 Å². The number of carbonyl (C=O) groups excluding carboxylic acids is 3. The van der Waals surface area contributed by atoms with Crippen molar-refractivity contribution in [3.05, 3.63) is 75.7 Å². The number of nitrogens with one attached hydrogen (secondary N) is 2. The smallest absolute Gasteiger partial charge is 0.418 e. The number of alkyl halides is 3. The number of hydrogen-bond donors (Lipinski definition) is 2. The zero-order valence-electron chi connectivity index (χ0n) is 22.2. The van der Waals surface area contributed by atoms with Crippen LogP contribution in [0.3, 0.4) is 0 Å². The highest BCUT2D eigenvalue weighted by atomic mass is 32.1. The third-order valence-electron chi connectivity index (χ3n) is 6.51. The van der Waals surface area contributed by atoms with Crippen molar-refractivity contribution in [1.29, 1.82) is 0 Å². The third-order valence-corrected chi connectivity index (χ3v) is 7.68. The molecule has 2 atom stereocenters. The first kappa shape index (κ1) is 29.1. The van der Waals surface area contributed by atoms with Gasteiger partial charge in [-0.1, -0.05) is 19.1 Å². The first-order valence-corrected chi connectivity index (χ1v) is 13.7. The number of rotatable bonds is 8. The van der Waals surface area contributed by atoms with Crippen LogP contribution in [-0.2, 0) is 28.5 Å². The summed E-state index contributed by atoms with van der Waals surface area (Å²) in [6, 6.07) is 10.6. The zero-order chi connectivity index (χ0) is 29.0. The normalized spacial score (nSPS) is 15.5. The minimum Gasteiger partial charge on any atom is -0.481 e. The van der Waals surface area contributed by atoms with E-state index in [-0.39, 0.29) is 23.6 Å². The Bertz CT molecular complexity index is 1400. The summed E-state index contributed by atoms with van der Waals surface area (Å²) in [7, 11) is 0. The fraction of sp³-hybridized carbons (Fsp3) is 0.345. The van der Waals surface area contributed by atoms with E-state index in [4.69, 9.17) is 9.47 Å². The highest BCUT2D eigenvalue weighted by molar-refractivity contribution is 7.17. The first-order chi connectivity index (χ1) is 19.0. The van der Waals surface area contributed by atoms with Crippen LogP contribution in [0.5, 0.6) is 5.75 Å². The highest BCUT2D eigenvalue weighted by Gasteiger charge is 2.34. The van der Waals surface area contributed by atoms with Gasteiger partial charge in [0.2, 0.25) is 0 Å². The summed E-state index contributed by atoms with van der Waals surface area (Å²) in [5.41, 5.74) is 0.310. The van der Waals surface area contributed by atoms with Crippen LogP contribution in [0.15, 0.2) is 48.5 Å². The van der Waals surface area contributed by atoms with Crippen LogP contribution < -0.4 is 15.4 Å². The summed E-state index contributed by atoms with van der Waals surface area (Å²) in [4.78, 5) is 39.3. The summed E-state index contributed by atoms with van der Waals surface area (Å²) >= 11 is 1.39. The number of thiophene rings is 1. The van der Waals surface area contributed by atoms with E-state index >= 15 is 0 Å². The van der Waals surface area contributed by atoms with Gasteiger partial charge in [-0.25, -0.2) is 4.79 Å². The molecule has 40 heavy (non-hydrogen) atoms. The molecule has 2 amide bonds. The van der Waals surface area contributed by atoms with E-state index in [2.05, 4.69) is 17.6 Å². The lowest BCUT2D eigenvalue weighted by Gasteiger charge is -2.18. The van der Waals surface area contributed by atoms with E-state index in [9.17, 15) is 27.6 Å². The number of benzene rings is 2. The summed E-state index contributed by atoms with van der Waals surface area (Å²) in [5.74, 6) is -0.921. The molecule has 0 fully saturated rings. The molecule has 0 saturated heterocycles. The maximum absolute atomic E-state index is 13.2. The molecule has 0 saturated carbocycles. The van der Waals surface area contributed by atoms with Crippen molar-refractivity contribution in [2.24, 2.45) is 5.92 Å². The Kier molecular flexibility index (Phi) is 8.82. The number of hydrogen-bond acceptors (Lipinski definition) is 6. The number of carbonyl (C=O) groups is 3. The quantitative estimate of drug-likeness (QED) is 0.291. The molecule has 1 heterocycles. The van der Waals surface area contributed by atoms with Crippen molar-refractivity contribution in [3.63, 3.8) is 0 Å². The molecular formula is C29H29F3N2O5S. The van der Waals surface area contributed by atoms with Gasteiger partial charge in [-0.3, -0.25) is 9.59 Å². The number of esters is 1. The number of fused-ring (bicyclic) bond motifs is 1. The van der Waals surface area contributed by atoms with Crippen LogP contribution in [0.2, 0.25) is 0 Å². The molecule has 0 spiro atoms. The summed E-state index contributed by atoms with van der Waals surface area (Å²) in [6.07, 6.45) is -3.20. The number of ether oxygens (including phenoxy) is 2. The second-order valence-corrected chi connectivity index (χ2v) is 10.7. The van der Waals surface area contributed by atoms with E-state index in [0.29, 0.717) is 16.5 Å². The van der Waals surface area contributed by atoms with E-state index in [0.717, 1.165) is 35.8 Å². The molecule has 2 aromatic carbocycles. The van der Waals surface area contributed by atoms with Gasteiger partial charge < -0.3 is 20.1 Å². The van der Waals surface area contributed by atoms with Gasteiger partial charge in [-0.2, -0.15) is 13.2 Å². The summed E-state index contributed by atoms with van der Waals surface area (Å²) in [5, 5.41) is 5.55. The molecule has 3 aromatic rings. The van der Waals surface area contributed by atoms with E-state index in [1.54, 1.807) is 6.92 Å². The number of anilines is 2. The van der Waals surface area contributed by atoms with Crippen LogP contribution in [0.1, 0.15) is 63.9 Å². The second kappa shape index (κ2) is 12.1. The predicted octanol–water partition coefficient (Wildman–Crippen LogP) is 6.73. The molecular weight excluding hydrogens is 545 g/mol. The molecule has 1 aromatic heterocycles. The van der Waals surface area contributed by atoms with Crippen LogP contribution in [0.4, 0.5) is 23.9 Å². The van der Waals surface area contributed by atoms with E-state index in [1.165, 1.54) is 60.7 Å². The maximum Gasteiger partial charge on any atom is 0.418 e. The first-order valence-electron chi connectivity index (χ1n) is 12.8. The number of amides is 2. The number of halogens is 3. The molecule has 1 aliphatic rings. The average Bonchev–Trinajstić information content (AvgIpc) is 3.25. The predicted molar refractivity (Wildman–Crippen MR) is 146 cm³/mol. The number of para-hydroxylation sites is 1. The summed E-state index contributed by atoms with van der Waals surface area (Å²) in [6.45, 7) is 5.51. The largest absolute Gasteiger partial charge is 0.481 e.